The number of carbonyl (C=O) groups excluding carboxylic acids is 2. The van der Waals surface area contributed by atoms with Gasteiger partial charge < -0.3 is 14.8 Å². The number of rotatable bonds is 11. The molecule has 2 N–H and O–H groups in total. The lowest BCUT2D eigenvalue weighted by atomic mass is 10.2. The minimum Gasteiger partial charge on any atom is -0.494 e. The summed E-state index contributed by atoms with van der Waals surface area (Å²) in [7, 11) is 0. The third-order valence-corrected chi connectivity index (χ3v) is 4.83. The first kappa shape index (κ1) is 24.8. The van der Waals surface area contributed by atoms with Gasteiger partial charge in [-0.1, -0.05) is 42.8 Å². The Morgan fingerprint density at radius 1 is 0.971 bits per heavy atom. The van der Waals surface area contributed by atoms with Crippen LogP contribution in [0, 0.1) is 0 Å². The van der Waals surface area contributed by atoms with Gasteiger partial charge in [-0.2, -0.15) is 5.10 Å². The molecule has 0 saturated carbocycles. The molecule has 3 rings (SSSR count). The highest BCUT2D eigenvalue weighted by Gasteiger charge is 2.08. The van der Waals surface area contributed by atoms with Crippen molar-refractivity contribution in [2.75, 3.05) is 13.2 Å². The van der Waals surface area contributed by atoms with Crippen molar-refractivity contribution in [1.29, 1.82) is 0 Å². The fourth-order valence-corrected chi connectivity index (χ4v) is 2.96. The molecule has 0 aliphatic carbocycles. The lowest BCUT2D eigenvalue weighted by molar-refractivity contribution is -0.120. The zero-order valence-corrected chi connectivity index (χ0v) is 19.5. The fraction of sp³-hybridized carbons (Fsp3) is 0.192. The summed E-state index contributed by atoms with van der Waals surface area (Å²) in [6.45, 7) is 2.84. The maximum absolute atomic E-state index is 12.2. The smallest absolute Gasteiger partial charge is 0.259 e. The Morgan fingerprint density at radius 3 is 2.47 bits per heavy atom. The van der Waals surface area contributed by atoms with Crippen LogP contribution in [-0.2, 0) is 11.4 Å². The summed E-state index contributed by atoms with van der Waals surface area (Å²) in [5.74, 6) is 0.572. The number of carbonyl (C=O) groups is 2. The summed E-state index contributed by atoms with van der Waals surface area (Å²) in [6, 6.07) is 21.5. The van der Waals surface area contributed by atoms with E-state index in [0.717, 1.165) is 17.5 Å². The Morgan fingerprint density at radius 2 is 1.74 bits per heavy atom. The zero-order valence-electron chi connectivity index (χ0n) is 18.8. The molecule has 2 amide bonds. The molecule has 7 nitrogen and oxygen atoms in total. The Bertz CT molecular complexity index is 1120. The number of halogens is 1. The van der Waals surface area contributed by atoms with Gasteiger partial charge in [0.1, 0.15) is 18.1 Å². The largest absolute Gasteiger partial charge is 0.494 e. The first-order valence-corrected chi connectivity index (χ1v) is 11.2. The average Bonchev–Trinajstić information content (AvgIpc) is 2.86. The molecule has 0 aromatic heterocycles. The highest BCUT2D eigenvalue weighted by molar-refractivity contribution is 6.30. The molecule has 8 heteroatoms. The normalized spacial score (nSPS) is 10.6. The third-order valence-electron chi connectivity index (χ3n) is 4.58. The fourth-order valence-electron chi connectivity index (χ4n) is 2.84. The zero-order chi connectivity index (χ0) is 24.2. The van der Waals surface area contributed by atoms with Crippen LogP contribution in [0.1, 0.15) is 34.8 Å². The maximum atomic E-state index is 12.2. The molecule has 0 spiro atoms. The van der Waals surface area contributed by atoms with Crippen LogP contribution in [0.25, 0.3) is 0 Å². The number of hydrogen-bond donors (Lipinski definition) is 2. The summed E-state index contributed by atoms with van der Waals surface area (Å²) in [5, 5.41) is 7.18. The number of nitrogens with one attached hydrogen (secondary N) is 2. The van der Waals surface area contributed by atoms with E-state index < -0.39 is 5.91 Å². The molecule has 0 aliphatic heterocycles. The Labute approximate surface area is 203 Å². The van der Waals surface area contributed by atoms with Gasteiger partial charge in [-0.15, -0.1) is 0 Å². The highest BCUT2D eigenvalue weighted by Crippen LogP contribution is 2.16. The quantitative estimate of drug-likeness (QED) is 0.311. The summed E-state index contributed by atoms with van der Waals surface area (Å²) < 4.78 is 11.3. The van der Waals surface area contributed by atoms with Gasteiger partial charge in [0.2, 0.25) is 0 Å². The van der Waals surface area contributed by atoms with Crippen LogP contribution in [0.3, 0.4) is 0 Å². The standard InChI is InChI=1S/C26H26ClN3O4/c1-2-14-33-23-12-8-21(9-13-23)26(32)28-17-25(31)30-29-16-20-4-3-5-24(15-20)34-18-19-6-10-22(27)11-7-19/h3-13,15-16H,2,14,17-18H2,1H3,(H,28,32)(H,30,31)/b29-16+. The topological polar surface area (TPSA) is 89.0 Å². The number of benzene rings is 3. The van der Waals surface area contributed by atoms with Gasteiger partial charge in [0.05, 0.1) is 19.4 Å². The maximum Gasteiger partial charge on any atom is 0.259 e. The molecule has 0 saturated heterocycles. The summed E-state index contributed by atoms with van der Waals surface area (Å²) >= 11 is 5.89. The summed E-state index contributed by atoms with van der Waals surface area (Å²) in [5.41, 5.74) is 4.59. The van der Waals surface area contributed by atoms with Crippen LogP contribution in [-0.4, -0.2) is 31.2 Å². The average molecular weight is 480 g/mol. The van der Waals surface area contributed by atoms with E-state index in [9.17, 15) is 9.59 Å². The first-order valence-electron chi connectivity index (χ1n) is 10.8. The monoisotopic (exact) mass is 479 g/mol. The minimum absolute atomic E-state index is 0.200. The van der Waals surface area contributed by atoms with E-state index in [2.05, 4.69) is 15.8 Å². The summed E-state index contributed by atoms with van der Waals surface area (Å²) in [6.07, 6.45) is 2.41. The van der Waals surface area contributed by atoms with Gasteiger partial charge in [0, 0.05) is 10.6 Å². The Kier molecular flexibility index (Phi) is 9.49. The van der Waals surface area contributed by atoms with E-state index in [1.807, 2.05) is 49.4 Å². The highest BCUT2D eigenvalue weighted by atomic mass is 35.5. The molecular weight excluding hydrogens is 454 g/mol. The molecule has 176 valence electrons. The van der Waals surface area contributed by atoms with Crippen molar-refractivity contribution in [3.63, 3.8) is 0 Å². The molecular formula is C26H26ClN3O4. The number of nitrogens with zero attached hydrogens (tertiary/aromatic N) is 1. The minimum atomic E-state index is -0.442. The van der Waals surface area contributed by atoms with Gasteiger partial charge in [-0.3, -0.25) is 9.59 Å². The van der Waals surface area contributed by atoms with Crippen molar-refractivity contribution >= 4 is 29.6 Å². The van der Waals surface area contributed by atoms with Gasteiger partial charge in [0.25, 0.3) is 11.8 Å². The Hall–Kier alpha value is -3.84. The molecule has 0 aliphatic rings. The number of hydrazone groups is 1. The van der Waals surface area contributed by atoms with Crippen molar-refractivity contribution in [3.05, 3.63) is 94.5 Å². The van der Waals surface area contributed by atoms with Gasteiger partial charge in [-0.05, 0) is 66.1 Å². The second kappa shape index (κ2) is 13.0. The molecule has 34 heavy (non-hydrogen) atoms. The van der Waals surface area contributed by atoms with Crippen LogP contribution in [0.5, 0.6) is 11.5 Å². The predicted octanol–water partition coefficient (Wildman–Crippen LogP) is 4.59. The van der Waals surface area contributed by atoms with Crippen molar-refractivity contribution in [1.82, 2.24) is 10.7 Å². The molecule has 0 unspecified atom stereocenters. The second-order valence-corrected chi connectivity index (χ2v) is 7.77. The molecule has 0 bridgehead atoms. The van der Waals surface area contributed by atoms with Crippen molar-refractivity contribution < 1.29 is 19.1 Å². The van der Waals surface area contributed by atoms with Crippen molar-refractivity contribution in [2.24, 2.45) is 5.10 Å². The predicted molar refractivity (Wildman–Crippen MR) is 133 cm³/mol. The Balaban J connectivity index is 1.42. The van der Waals surface area contributed by atoms with Crippen LogP contribution in [0.15, 0.2) is 77.9 Å². The van der Waals surface area contributed by atoms with Gasteiger partial charge in [0.15, 0.2) is 0 Å². The molecule has 3 aromatic rings. The van der Waals surface area contributed by atoms with E-state index in [4.69, 9.17) is 21.1 Å². The number of ether oxygens (including phenoxy) is 2. The van der Waals surface area contributed by atoms with E-state index in [1.54, 1.807) is 30.3 Å². The summed E-state index contributed by atoms with van der Waals surface area (Å²) in [4.78, 5) is 24.2. The van der Waals surface area contributed by atoms with E-state index >= 15 is 0 Å². The molecule has 0 atom stereocenters. The molecule has 0 fully saturated rings. The second-order valence-electron chi connectivity index (χ2n) is 7.34. The SMILES string of the molecule is CCCOc1ccc(C(=O)NCC(=O)N/N=C/c2cccc(OCc3ccc(Cl)cc3)c2)cc1. The molecule has 3 aromatic carbocycles. The lowest BCUT2D eigenvalue weighted by Crippen LogP contribution is -2.34. The van der Waals surface area contributed by atoms with Gasteiger partial charge in [-0.25, -0.2) is 5.43 Å². The lowest BCUT2D eigenvalue weighted by Gasteiger charge is -2.07. The number of hydrogen-bond acceptors (Lipinski definition) is 5. The van der Waals surface area contributed by atoms with Gasteiger partial charge >= 0.3 is 0 Å². The molecule has 0 heterocycles. The third kappa shape index (κ3) is 8.26. The van der Waals surface area contributed by atoms with Crippen LogP contribution >= 0.6 is 11.6 Å². The van der Waals surface area contributed by atoms with Crippen LogP contribution < -0.4 is 20.2 Å². The van der Waals surface area contributed by atoms with Crippen molar-refractivity contribution in [3.8, 4) is 11.5 Å². The number of amides is 2. The first-order chi connectivity index (χ1) is 16.5. The van der Waals surface area contributed by atoms with E-state index in [-0.39, 0.29) is 12.5 Å². The van der Waals surface area contributed by atoms with Crippen molar-refractivity contribution in [2.45, 2.75) is 20.0 Å². The molecule has 0 radical (unpaired) electrons. The van der Waals surface area contributed by atoms with Crippen LogP contribution in [0.4, 0.5) is 0 Å². The van der Waals surface area contributed by atoms with E-state index in [1.165, 1.54) is 6.21 Å². The van der Waals surface area contributed by atoms with E-state index in [0.29, 0.717) is 35.3 Å². The van der Waals surface area contributed by atoms with Crippen LogP contribution in [0.2, 0.25) is 5.02 Å².